The van der Waals surface area contributed by atoms with E-state index in [2.05, 4.69) is 13.8 Å². The third-order valence-electron chi connectivity index (χ3n) is 1.28. The number of hydrogen-bond donors (Lipinski definition) is 1. The Kier molecular flexibility index (Phi) is 3.02. The predicted molar refractivity (Wildman–Crippen MR) is 36.5 cm³/mol. The molecule has 2 heteroatoms. The molecule has 2 nitrogen and oxygen atoms in total. The van der Waals surface area contributed by atoms with Crippen LogP contribution in [0.1, 0.15) is 13.8 Å². The van der Waals surface area contributed by atoms with E-state index in [9.17, 15) is 0 Å². The second-order valence-electron chi connectivity index (χ2n) is 2.70. The van der Waals surface area contributed by atoms with Crippen molar-refractivity contribution in [1.82, 2.24) is 4.90 Å². The van der Waals surface area contributed by atoms with Crippen LogP contribution in [0.15, 0.2) is 0 Å². The Labute approximate surface area is 51.7 Å². The van der Waals surface area contributed by atoms with Crippen LogP contribution in [0, 0.1) is 5.92 Å². The molecule has 50 valence electrons. The van der Waals surface area contributed by atoms with Gasteiger partial charge in [0.1, 0.15) is 0 Å². The molecule has 0 saturated carbocycles. The number of nitrogens with zero attached hydrogens (tertiary/aromatic N) is 1. The zero-order valence-electron chi connectivity index (χ0n) is 6.18. The lowest BCUT2D eigenvalue weighted by Crippen LogP contribution is -2.40. The quantitative estimate of drug-likeness (QED) is 0.532. The molecule has 2 N–H and O–H groups in total. The second-order valence-corrected chi connectivity index (χ2v) is 2.70. The zero-order valence-corrected chi connectivity index (χ0v) is 6.18. The number of hydrogen-bond acceptors (Lipinski definition) is 2. The minimum Gasteiger partial charge on any atom is -0.316 e. The summed E-state index contributed by atoms with van der Waals surface area (Å²) in [5.41, 5.74) is 5.69. The van der Waals surface area contributed by atoms with Crippen molar-refractivity contribution in [2.45, 2.75) is 20.0 Å². The van der Waals surface area contributed by atoms with E-state index < -0.39 is 0 Å². The van der Waals surface area contributed by atoms with Crippen LogP contribution in [-0.2, 0) is 0 Å². The van der Waals surface area contributed by atoms with E-state index in [4.69, 9.17) is 5.73 Å². The first-order valence-corrected chi connectivity index (χ1v) is 2.97. The molecule has 0 heterocycles. The van der Waals surface area contributed by atoms with Gasteiger partial charge in [-0.25, -0.2) is 0 Å². The van der Waals surface area contributed by atoms with E-state index in [1.165, 1.54) is 0 Å². The van der Waals surface area contributed by atoms with Crippen LogP contribution in [-0.4, -0.2) is 25.2 Å². The third-order valence-corrected chi connectivity index (χ3v) is 1.28. The van der Waals surface area contributed by atoms with Crippen LogP contribution in [0.2, 0.25) is 0 Å². The maximum Gasteiger partial charge on any atom is 0.0590 e. The lowest BCUT2D eigenvalue weighted by atomic mass is 10.1. The van der Waals surface area contributed by atoms with Gasteiger partial charge in [-0.05, 0) is 20.0 Å². The highest BCUT2D eigenvalue weighted by molar-refractivity contribution is 4.60. The van der Waals surface area contributed by atoms with Crippen molar-refractivity contribution in [2.24, 2.45) is 11.7 Å². The Morgan fingerprint density at radius 2 is 1.62 bits per heavy atom. The smallest absolute Gasteiger partial charge is 0.0590 e. The maximum atomic E-state index is 5.69. The average Bonchev–Trinajstić information content (AvgIpc) is 1.64. The van der Waals surface area contributed by atoms with Gasteiger partial charge in [0.25, 0.3) is 0 Å². The molecule has 0 aliphatic carbocycles. The SMILES string of the molecule is CC(C)C(N)N(C)C. The molecule has 0 radical (unpaired) electrons. The molecule has 0 fully saturated rings. The molecule has 1 unspecified atom stereocenters. The van der Waals surface area contributed by atoms with E-state index in [0.717, 1.165) is 0 Å². The van der Waals surface area contributed by atoms with Gasteiger partial charge < -0.3 is 5.73 Å². The molecule has 0 amide bonds. The largest absolute Gasteiger partial charge is 0.316 e. The Morgan fingerprint density at radius 3 is 1.62 bits per heavy atom. The minimum absolute atomic E-state index is 0.204. The molecule has 0 saturated heterocycles. The van der Waals surface area contributed by atoms with Gasteiger partial charge in [0.2, 0.25) is 0 Å². The average molecular weight is 116 g/mol. The second kappa shape index (κ2) is 3.05. The van der Waals surface area contributed by atoms with Gasteiger partial charge in [-0.3, -0.25) is 4.90 Å². The molecule has 1 atom stereocenters. The fourth-order valence-electron chi connectivity index (χ4n) is 0.596. The molecular formula is C6H16N2. The highest BCUT2D eigenvalue weighted by Crippen LogP contribution is 1.98. The van der Waals surface area contributed by atoms with Crippen molar-refractivity contribution in [3.63, 3.8) is 0 Å². The fourth-order valence-corrected chi connectivity index (χ4v) is 0.596. The topological polar surface area (TPSA) is 29.3 Å². The Hall–Kier alpha value is -0.0800. The molecule has 0 aliphatic rings. The first kappa shape index (κ1) is 7.92. The van der Waals surface area contributed by atoms with Crippen LogP contribution < -0.4 is 5.73 Å². The van der Waals surface area contributed by atoms with Crippen molar-refractivity contribution in [3.8, 4) is 0 Å². The molecular weight excluding hydrogens is 100 g/mol. The molecule has 0 aromatic carbocycles. The van der Waals surface area contributed by atoms with Gasteiger partial charge in [-0.1, -0.05) is 13.8 Å². The van der Waals surface area contributed by atoms with Crippen LogP contribution in [0.4, 0.5) is 0 Å². The van der Waals surface area contributed by atoms with Gasteiger partial charge in [0.15, 0.2) is 0 Å². The first-order chi connectivity index (χ1) is 3.55. The van der Waals surface area contributed by atoms with Gasteiger partial charge >= 0.3 is 0 Å². The standard InChI is InChI=1S/C6H16N2/c1-5(2)6(7)8(3)4/h5-6H,7H2,1-4H3. The van der Waals surface area contributed by atoms with Gasteiger partial charge in [-0.2, -0.15) is 0 Å². The van der Waals surface area contributed by atoms with E-state index >= 15 is 0 Å². The molecule has 0 aromatic rings. The molecule has 0 bridgehead atoms. The zero-order chi connectivity index (χ0) is 6.73. The third kappa shape index (κ3) is 2.28. The number of rotatable bonds is 2. The predicted octanol–water partition coefficient (Wildman–Crippen LogP) is 0.489. The summed E-state index contributed by atoms with van der Waals surface area (Å²) >= 11 is 0. The summed E-state index contributed by atoms with van der Waals surface area (Å²) in [6.45, 7) is 4.23. The lowest BCUT2D eigenvalue weighted by molar-refractivity contribution is 0.238. The van der Waals surface area contributed by atoms with Crippen LogP contribution >= 0.6 is 0 Å². The molecule has 0 spiro atoms. The van der Waals surface area contributed by atoms with Crippen molar-refractivity contribution >= 4 is 0 Å². The monoisotopic (exact) mass is 116 g/mol. The van der Waals surface area contributed by atoms with E-state index in [1.807, 2.05) is 19.0 Å². The van der Waals surface area contributed by atoms with Crippen LogP contribution in [0.25, 0.3) is 0 Å². The Morgan fingerprint density at radius 1 is 1.25 bits per heavy atom. The Balaban J connectivity index is 3.46. The van der Waals surface area contributed by atoms with Crippen molar-refractivity contribution in [3.05, 3.63) is 0 Å². The molecule has 0 aromatic heterocycles. The summed E-state index contributed by atoms with van der Waals surface area (Å²) in [6.07, 6.45) is 0.204. The van der Waals surface area contributed by atoms with E-state index in [0.29, 0.717) is 5.92 Å². The van der Waals surface area contributed by atoms with E-state index in [-0.39, 0.29) is 6.17 Å². The summed E-state index contributed by atoms with van der Waals surface area (Å²) in [5.74, 6) is 0.546. The summed E-state index contributed by atoms with van der Waals surface area (Å²) < 4.78 is 0. The van der Waals surface area contributed by atoms with Crippen molar-refractivity contribution in [1.29, 1.82) is 0 Å². The maximum absolute atomic E-state index is 5.69. The van der Waals surface area contributed by atoms with Crippen LogP contribution in [0.3, 0.4) is 0 Å². The van der Waals surface area contributed by atoms with E-state index in [1.54, 1.807) is 0 Å². The summed E-state index contributed by atoms with van der Waals surface area (Å²) in [7, 11) is 3.98. The van der Waals surface area contributed by atoms with Gasteiger partial charge in [-0.15, -0.1) is 0 Å². The minimum atomic E-state index is 0.204. The van der Waals surface area contributed by atoms with Crippen molar-refractivity contribution in [2.75, 3.05) is 14.1 Å². The molecule has 0 aliphatic heterocycles. The molecule has 0 rings (SSSR count). The summed E-state index contributed by atoms with van der Waals surface area (Å²) in [5, 5.41) is 0. The Bertz CT molecular complexity index is 51.5. The summed E-state index contributed by atoms with van der Waals surface area (Å²) in [4.78, 5) is 2.02. The molecule has 8 heavy (non-hydrogen) atoms. The normalized spacial score (nSPS) is 15.4. The first-order valence-electron chi connectivity index (χ1n) is 2.97. The van der Waals surface area contributed by atoms with Gasteiger partial charge in [0, 0.05) is 0 Å². The highest BCUT2D eigenvalue weighted by Gasteiger charge is 2.07. The summed E-state index contributed by atoms with van der Waals surface area (Å²) in [6, 6.07) is 0. The lowest BCUT2D eigenvalue weighted by Gasteiger charge is -2.22. The van der Waals surface area contributed by atoms with Crippen molar-refractivity contribution < 1.29 is 0 Å². The highest BCUT2D eigenvalue weighted by atomic mass is 15.2. The van der Waals surface area contributed by atoms with Crippen LogP contribution in [0.5, 0.6) is 0 Å². The fraction of sp³-hybridized carbons (Fsp3) is 1.00. The van der Waals surface area contributed by atoms with Gasteiger partial charge in [0.05, 0.1) is 6.17 Å². The number of nitrogens with two attached hydrogens (primary N) is 1.